The summed E-state index contributed by atoms with van der Waals surface area (Å²) < 4.78 is 0. The van der Waals surface area contributed by atoms with Crippen molar-refractivity contribution in [3.8, 4) is 0 Å². The smallest absolute Gasteiger partial charge is 0.253 e. The number of piperazine rings is 1. The SMILES string of the molecule is Cc1ccc(N2CC(=O)NC3(CCCC3)C2=O)c(C)c1. The Morgan fingerprint density at radius 2 is 1.85 bits per heavy atom. The molecule has 20 heavy (non-hydrogen) atoms. The Morgan fingerprint density at radius 1 is 1.15 bits per heavy atom. The van der Waals surface area contributed by atoms with Crippen molar-refractivity contribution in [1.29, 1.82) is 0 Å². The van der Waals surface area contributed by atoms with Crippen molar-refractivity contribution < 1.29 is 9.59 Å². The van der Waals surface area contributed by atoms with Gasteiger partial charge in [-0.2, -0.15) is 0 Å². The second-order valence-corrected chi connectivity index (χ2v) is 6.02. The summed E-state index contributed by atoms with van der Waals surface area (Å²) >= 11 is 0. The highest BCUT2D eigenvalue weighted by Crippen LogP contribution is 2.35. The largest absolute Gasteiger partial charge is 0.340 e. The molecule has 1 aromatic carbocycles. The van der Waals surface area contributed by atoms with Gasteiger partial charge in [0.25, 0.3) is 5.91 Å². The molecule has 4 nitrogen and oxygen atoms in total. The van der Waals surface area contributed by atoms with E-state index >= 15 is 0 Å². The molecule has 0 unspecified atom stereocenters. The van der Waals surface area contributed by atoms with E-state index in [9.17, 15) is 9.59 Å². The topological polar surface area (TPSA) is 49.4 Å². The molecular formula is C16H20N2O2. The Morgan fingerprint density at radius 3 is 2.50 bits per heavy atom. The van der Waals surface area contributed by atoms with E-state index in [1.807, 2.05) is 26.0 Å². The van der Waals surface area contributed by atoms with Crippen LogP contribution >= 0.6 is 0 Å². The van der Waals surface area contributed by atoms with Crippen molar-refractivity contribution in [3.63, 3.8) is 0 Å². The van der Waals surface area contributed by atoms with Crippen LogP contribution in [0.4, 0.5) is 5.69 Å². The number of nitrogens with zero attached hydrogens (tertiary/aromatic N) is 1. The molecule has 2 amide bonds. The summed E-state index contributed by atoms with van der Waals surface area (Å²) in [5.74, 6) is 0.00743. The standard InChI is InChI=1S/C16H20N2O2/c1-11-5-6-13(12(2)9-11)18-10-14(19)17-16(15(18)20)7-3-4-8-16/h5-6,9H,3-4,7-8,10H2,1-2H3,(H,17,19). The second-order valence-electron chi connectivity index (χ2n) is 6.02. The molecule has 0 bridgehead atoms. The van der Waals surface area contributed by atoms with E-state index in [-0.39, 0.29) is 18.4 Å². The Labute approximate surface area is 119 Å². The van der Waals surface area contributed by atoms with E-state index in [4.69, 9.17) is 0 Å². The molecule has 0 aromatic heterocycles. The van der Waals surface area contributed by atoms with Gasteiger partial charge in [-0.25, -0.2) is 0 Å². The molecule has 0 atom stereocenters. The van der Waals surface area contributed by atoms with Crippen LogP contribution in [0, 0.1) is 13.8 Å². The lowest BCUT2D eigenvalue weighted by Gasteiger charge is -2.40. The number of anilines is 1. The molecule has 1 saturated heterocycles. The average Bonchev–Trinajstić information content (AvgIpc) is 2.84. The van der Waals surface area contributed by atoms with Gasteiger partial charge in [0.05, 0.1) is 0 Å². The number of carbonyl (C=O) groups is 2. The minimum Gasteiger partial charge on any atom is -0.340 e. The minimum atomic E-state index is -0.646. The van der Waals surface area contributed by atoms with Crippen molar-refractivity contribution in [3.05, 3.63) is 29.3 Å². The van der Waals surface area contributed by atoms with Gasteiger partial charge in [-0.05, 0) is 38.3 Å². The lowest BCUT2D eigenvalue weighted by Crippen LogP contribution is -2.65. The first-order valence-electron chi connectivity index (χ1n) is 7.22. The Bertz CT molecular complexity index is 574. The average molecular weight is 272 g/mol. The predicted molar refractivity (Wildman–Crippen MR) is 77.6 cm³/mol. The van der Waals surface area contributed by atoms with E-state index in [0.717, 1.165) is 42.5 Å². The Balaban J connectivity index is 1.99. The minimum absolute atomic E-state index is 0.0496. The number of benzene rings is 1. The first-order chi connectivity index (χ1) is 9.52. The first-order valence-corrected chi connectivity index (χ1v) is 7.22. The molecule has 3 rings (SSSR count). The zero-order valence-corrected chi connectivity index (χ0v) is 12.0. The van der Waals surface area contributed by atoms with Crippen LogP contribution in [0.25, 0.3) is 0 Å². The van der Waals surface area contributed by atoms with Crippen LogP contribution in [0.5, 0.6) is 0 Å². The molecule has 4 heteroatoms. The van der Waals surface area contributed by atoms with Crippen LogP contribution in [0.1, 0.15) is 36.8 Å². The normalized spacial score (nSPS) is 21.4. The predicted octanol–water partition coefficient (Wildman–Crippen LogP) is 2.08. The van der Waals surface area contributed by atoms with Crippen molar-refractivity contribution in [1.82, 2.24) is 5.32 Å². The molecule has 1 heterocycles. The fourth-order valence-corrected chi connectivity index (χ4v) is 3.45. The molecule has 1 aromatic rings. The van der Waals surface area contributed by atoms with E-state index in [1.165, 1.54) is 0 Å². The monoisotopic (exact) mass is 272 g/mol. The van der Waals surface area contributed by atoms with Crippen LogP contribution in [-0.4, -0.2) is 23.9 Å². The third kappa shape index (κ3) is 1.99. The fraction of sp³-hybridized carbons (Fsp3) is 0.500. The molecule has 2 aliphatic rings. The Hall–Kier alpha value is -1.84. The number of carbonyl (C=O) groups excluding carboxylic acids is 2. The third-order valence-electron chi connectivity index (χ3n) is 4.44. The number of hydrogen-bond acceptors (Lipinski definition) is 2. The highest BCUT2D eigenvalue weighted by Gasteiger charge is 2.48. The maximum absolute atomic E-state index is 12.8. The highest BCUT2D eigenvalue weighted by molar-refractivity contribution is 6.09. The molecule has 106 valence electrons. The summed E-state index contributed by atoms with van der Waals surface area (Å²) in [4.78, 5) is 26.5. The van der Waals surface area contributed by atoms with Crippen molar-refractivity contribution in [2.24, 2.45) is 0 Å². The molecule has 2 fully saturated rings. The molecule has 0 radical (unpaired) electrons. The van der Waals surface area contributed by atoms with E-state index in [2.05, 4.69) is 11.4 Å². The highest BCUT2D eigenvalue weighted by atomic mass is 16.2. The second kappa shape index (κ2) is 4.62. The van der Waals surface area contributed by atoms with Gasteiger partial charge in [-0.1, -0.05) is 30.5 Å². The van der Waals surface area contributed by atoms with Gasteiger partial charge in [0, 0.05) is 5.69 Å². The Kier molecular flexibility index (Phi) is 3.04. The van der Waals surface area contributed by atoms with E-state index < -0.39 is 5.54 Å². The summed E-state index contributed by atoms with van der Waals surface area (Å²) in [5.41, 5.74) is 2.42. The molecule has 1 aliphatic carbocycles. The summed E-state index contributed by atoms with van der Waals surface area (Å²) in [5, 5.41) is 2.94. The van der Waals surface area contributed by atoms with Gasteiger partial charge in [-0.3, -0.25) is 9.59 Å². The van der Waals surface area contributed by atoms with E-state index in [1.54, 1.807) is 4.90 Å². The van der Waals surface area contributed by atoms with Crippen LogP contribution in [0.2, 0.25) is 0 Å². The van der Waals surface area contributed by atoms with Crippen LogP contribution in [-0.2, 0) is 9.59 Å². The molecule has 1 spiro atoms. The lowest BCUT2D eigenvalue weighted by atomic mass is 9.92. The van der Waals surface area contributed by atoms with Crippen LogP contribution in [0.3, 0.4) is 0 Å². The molecule has 1 saturated carbocycles. The number of nitrogens with one attached hydrogen (secondary N) is 1. The summed E-state index contributed by atoms with van der Waals surface area (Å²) in [7, 11) is 0. The maximum atomic E-state index is 12.8. The number of aryl methyl sites for hydroxylation is 2. The van der Waals surface area contributed by atoms with Crippen LogP contribution < -0.4 is 10.2 Å². The van der Waals surface area contributed by atoms with Gasteiger partial charge in [0.1, 0.15) is 12.1 Å². The molecule has 1 aliphatic heterocycles. The third-order valence-corrected chi connectivity index (χ3v) is 4.44. The zero-order valence-electron chi connectivity index (χ0n) is 12.0. The summed E-state index contributed by atoms with van der Waals surface area (Å²) in [6.07, 6.45) is 3.54. The quantitative estimate of drug-likeness (QED) is 0.851. The van der Waals surface area contributed by atoms with Crippen molar-refractivity contribution in [2.45, 2.75) is 45.1 Å². The summed E-state index contributed by atoms with van der Waals surface area (Å²) in [6.45, 7) is 4.15. The van der Waals surface area contributed by atoms with Gasteiger partial charge in [-0.15, -0.1) is 0 Å². The number of rotatable bonds is 1. The van der Waals surface area contributed by atoms with Gasteiger partial charge < -0.3 is 10.2 Å². The van der Waals surface area contributed by atoms with Crippen LogP contribution in [0.15, 0.2) is 18.2 Å². The number of hydrogen-bond donors (Lipinski definition) is 1. The van der Waals surface area contributed by atoms with Gasteiger partial charge >= 0.3 is 0 Å². The summed E-state index contributed by atoms with van der Waals surface area (Å²) in [6, 6.07) is 5.99. The van der Waals surface area contributed by atoms with Crippen molar-refractivity contribution in [2.75, 3.05) is 11.4 Å². The zero-order chi connectivity index (χ0) is 14.3. The van der Waals surface area contributed by atoms with Crippen molar-refractivity contribution >= 4 is 17.5 Å². The maximum Gasteiger partial charge on any atom is 0.253 e. The molecular weight excluding hydrogens is 252 g/mol. The van der Waals surface area contributed by atoms with Gasteiger partial charge in [0.2, 0.25) is 5.91 Å². The first kappa shape index (κ1) is 13.2. The number of amides is 2. The van der Waals surface area contributed by atoms with Gasteiger partial charge in [0.15, 0.2) is 0 Å². The fourth-order valence-electron chi connectivity index (χ4n) is 3.45. The lowest BCUT2D eigenvalue weighted by molar-refractivity contribution is -0.135. The van der Waals surface area contributed by atoms with E-state index in [0.29, 0.717) is 0 Å². The molecule has 1 N–H and O–H groups in total.